The van der Waals surface area contributed by atoms with Crippen molar-refractivity contribution in [1.29, 1.82) is 0 Å². The van der Waals surface area contributed by atoms with Crippen molar-refractivity contribution < 1.29 is 17.7 Å². The first-order valence-corrected chi connectivity index (χ1v) is 31.1. The standard InChI is InChI=1S/C39H89NO4Si4/c1-35(2,3)45(14,15)41-30-34(31-42-46(16,17)36(4,5)6)26-22-24-28-40-29-25-23-27-39(13,32-43-47(18,19)37(7,8)9)33-44-48(20,21)38(10,11)12/h34,40H,22-33H2,1-21H3. The minimum absolute atomic E-state index is 0.0407. The summed E-state index contributed by atoms with van der Waals surface area (Å²) in [7, 11) is -7.21. The van der Waals surface area contributed by atoms with Crippen molar-refractivity contribution in [2.45, 2.75) is 201 Å². The Morgan fingerprint density at radius 2 is 0.750 bits per heavy atom. The maximum absolute atomic E-state index is 6.80. The topological polar surface area (TPSA) is 49.0 Å². The van der Waals surface area contributed by atoms with Crippen molar-refractivity contribution in [3.05, 3.63) is 0 Å². The summed E-state index contributed by atoms with van der Waals surface area (Å²) in [5, 5.41) is 4.65. The Morgan fingerprint density at radius 3 is 1.08 bits per heavy atom. The molecule has 9 heteroatoms. The second kappa shape index (κ2) is 18.6. The lowest BCUT2D eigenvalue weighted by Crippen LogP contribution is -2.47. The molecule has 0 saturated carbocycles. The molecule has 0 amide bonds. The third-order valence-corrected chi connectivity index (χ3v) is 30.7. The smallest absolute Gasteiger partial charge is 0.192 e. The molecule has 0 aliphatic carbocycles. The molecule has 0 radical (unpaired) electrons. The lowest BCUT2D eigenvalue weighted by Gasteiger charge is -2.43. The number of hydrogen-bond acceptors (Lipinski definition) is 5. The molecule has 0 aromatic carbocycles. The van der Waals surface area contributed by atoms with Crippen LogP contribution in [0.25, 0.3) is 0 Å². The van der Waals surface area contributed by atoms with Crippen LogP contribution in [-0.4, -0.2) is 72.8 Å². The van der Waals surface area contributed by atoms with Gasteiger partial charge in [-0.2, -0.15) is 0 Å². The fourth-order valence-electron chi connectivity index (χ4n) is 4.24. The van der Waals surface area contributed by atoms with E-state index < -0.39 is 33.3 Å². The van der Waals surface area contributed by atoms with Gasteiger partial charge in [-0.15, -0.1) is 0 Å². The molecule has 0 spiro atoms. The van der Waals surface area contributed by atoms with E-state index in [0.717, 1.165) is 45.9 Å². The highest BCUT2D eigenvalue weighted by atomic mass is 28.4. The van der Waals surface area contributed by atoms with E-state index in [2.05, 4.69) is 148 Å². The van der Waals surface area contributed by atoms with Crippen molar-refractivity contribution in [3.8, 4) is 0 Å². The van der Waals surface area contributed by atoms with Gasteiger partial charge in [0.05, 0.1) is 0 Å². The van der Waals surface area contributed by atoms with Crippen LogP contribution >= 0.6 is 0 Å². The minimum atomic E-state index is -1.82. The van der Waals surface area contributed by atoms with Gasteiger partial charge in [0.15, 0.2) is 33.3 Å². The molecular formula is C39H89NO4Si4. The summed E-state index contributed by atoms with van der Waals surface area (Å²) in [6.45, 7) is 54.8. The highest BCUT2D eigenvalue weighted by Crippen LogP contribution is 2.42. The molecule has 5 nitrogen and oxygen atoms in total. The lowest BCUT2D eigenvalue weighted by molar-refractivity contribution is 0.0703. The highest BCUT2D eigenvalue weighted by molar-refractivity contribution is 6.75. The lowest BCUT2D eigenvalue weighted by atomic mass is 9.87. The molecule has 0 atom stereocenters. The molecular weight excluding hydrogens is 659 g/mol. The van der Waals surface area contributed by atoms with Crippen molar-refractivity contribution in [3.63, 3.8) is 0 Å². The van der Waals surface area contributed by atoms with Crippen LogP contribution in [-0.2, 0) is 17.7 Å². The Bertz CT molecular complexity index is 849. The Labute approximate surface area is 307 Å². The molecule has 0 aliphatic rings. The fraction of sp³-hybridized carbons (Fsp3) is 1.00. The van der Waals surface area contributed by atoms with Gasteiger partial charge >= 0.3 is 0 Å². The molecule has 0 aromatic heterocycles. The van der Waals surface area contributed by atoms with Crippen LogP contribution in [0.4, 0.5) is 0 Å². The average Bonchev–Trinajstić information content (AvgIpc) is 2.88. The van der Waals surface area contributed by atoms with Gasteiger partial charge in [-0.1, -0.05) is 103 Å². The quantitative estimate of drug-likeness (QED) is 0.0883. The van der Waals surface area contributed by atoms with E-state index in [4.69, 9.17) is 17.7 Å². The number of unbranched alkanes of at least 4 members (excludes halogenated alkanes) is 2. The molecule has 0 unspecified atom stereocenters. The van der Waals surface area contributed by atoms with Gasteiger partial charge in [0, 0.05) is 37.8 Å². The number of nitrogens with one attached hydrogen (secondary N) is 1. The third kappa shape index (κ3) is 17.0. The Hall–Kier alpha value is 0.668. The zero-order valence-corrected chi connectivity index (χ0v) is 40.7. The Morgan fingerprint density at radius 1 is 0.438 bits per heavy atom. The van der Waals surface area contributed by atoms with Crippen molar-refractivity contribution >= 4 is 33.3 Å². The van der Waals surface area contributed by atoms with E-state index in [0.29, 0.717) is 5.92 Å². The van der Waals surface area contributed by atoms with Crippen LogP contribution in [0, 0.1) is 11.3 Å². The molecule has 48 heavy (non-hydrogen) atoms. The van der Waals surface area contributed by atoms with E-state index >= 15 is 0 Å². The molecule has 290 valence electrons. The normalized spacial score (nSPS) is 15.1. The van der Waals surface area contributed by atoms with Gasteiger partial charge in [-0.3, -0.25) is 0 Å². The summed E-state index contributed by atoms with van der Waals surface area (Å²) >= 11 is 0. The molecule has 1 N–H and O–H groups in total. The third-order valence-electron chi connectivity index (χ3n) is 12.7. The van der Waals surface area contributed by atoms with Crippen LogP contribution in [0.2, 0.25) is 72.5 Å². The molecule has 0 fully saturated rings. The SMILES string of the molecule is CC(CCCCNCCCCC(CO[Si](C)(C)C(C)(C)C)CO[Si](C)(C)C(C)(C)C)(CO[Si](C)(C)C(C)(C)C)CO[Si](C)(C)C(C)(C)C. The molecule has 0 bridgehead atoms. The highest BCUT2D eigenvalue weighted by Gasteiger charge is 2.42. The van der Waals surface area contributed by atoms with E-state index in [1.54, 1.807) is 0 Å². The van der Waals surface area contributed by atoms with E-state index in [9.17, 15) is 0 Å². The van der Waals surface area contributed by atoms with Crippen LogP contribution < -0.4 is 5.32 Å². The van der Waals surface area contributed by atoms with Crippen LogP contribution in [0.3, 0.4) is 0 Å². The maximum atomic E-state index is 6.80. The van der Waals surface area contributed by atoms with Crippen molar-refractivity contribution in [2.75, 3.05) is 39.5 Å². The van der Waals surface area contributed by atoms with Gasteiger partial charge in [0.25, 0.3) is 0 Å². The summed E-state index contributed by atoms with van der Waals surface area (Å²) in [4.78, 5) is 0. The number of hydrogen-bond donors (Lipinski definition) is 1. The molecule has 0 heterocycles. The largest absolute Gasteiger partial charge is 0.416 e. The van der Waals surface area contributed by atoms with Crippen LogP contribution in [0.1, 0.15) is 129 Å². The van der Waals surface area contributed by atoms with Gasteiger partial charge in [0.1, 0.15) is 0 Å². The maximum Gasteiger partial charge on any atom is 0.192 e. The van der Waals surface area contributed by atoms with Gasteiger partial charge < -0.3 is 23.0 Å². The molecule has 0 aliphatic heterocycles. The van der Waals surface area contributed by atoms with E-state index in [1.165, 1.54) is 32.1 Å². The molecule has 0 aromatic rings. The zero-order valence-electron chi connectivity index (χ0n) is 36.7. The van der Waals surface area contributed by atoms with E-state index in [-0.39, 0.29) is 25.6 Å². The van der Waals surface area contributed by atoms with Crippen LogP contribution in [0.5, 0.6) is 0 Å². The zero-order chi connectivity index (χ0) is 38.1. The predicted molar refractivity (Wildman–Crippen MR) is 225 cm³/mol. The molecule has 0 saturated heterocycles. The van der Waals surface area contributed by atoms with Gasteiger partial charge in [-0.05, 0) is 111 Å². The Kier molecular flexibility index (Phi) is 18.9. The first kappa shape index (κ1) is 48.7. The van der Waals surface area contributed by atoms with Gasteiger partial charge in [0.2, 0.25) is 0 Å². The van der Waals surface area contributed by atoms with Crippen molar-refractivity contribution in [2.24, 2.45) is 11.3 Å². The first-order chi connectivity index (χ1) is 21.2. The summed E-state index contributed by atoms with van der Waals surface area (Å²) in [5.74, 6) is 0.466. The monoisotopic (exact) mass is 748 g/mol. The summed E-state index contributed by atoms with van der Waals surface area (Å²) in [5.41, 5.74) is 0.0407. The summed E-state index contributed by atoms with van der Waals surface area (Å²) < 4.78 is 27.0. The summed E-state index contributed by atoms with van der Waals surface area (Å²) in [6.07, 6.45) is 7.12. The number of rotatable bonds is 22. The first-order valence-electron chi connectivity index (χ1n) is 19.5. The second-order valence-electron chi connectivity index (χ2n) is 21.6. The van der Waals surface area contributed by atoms with Crippen LogP contribution in [0.15, 0.2) is 0 Å². The average molecular weight is 748 g/mol. The second-order valence-corrected chi connectivity index (χ2v) is 40.9. The minimum Gasteiger partial charge on any atom is -0.416 e. The van der Waals surface area contributed by atoms with Crippen molar-refractivity contribution in [1.82, 2.24) is 5.32 Å². The van der Waals surface area contributed by atoms with E-state index in [1.807, 2.05) is 0 Å². The predicted octanol–water partition coefficient (Wildman–Crippen LogP) is 12.6. The summed E-state index contributed by atoms with van der Waals surface area (Å²) in [6, 6.07) is 0. The molecule has 0 rings (SSSR count). The Balaban J connectivity index is 5.00. The van der Waals surface area contributed by atoms with Gasteiger partial charge in [-0.25, -0.2) is 0 Å². The fourth-order valence-corrected chi connectivity index (χ4v) is 8.69.